The predicted molar refractivity (Wildman–Crippen MR) is 63.9 cm³/mol. The standard InChI is InChI=1S/C14H8F4O2/c15-12-7-9(8-19)5-6-10(12)11-3-1-2-4-13(11)20-14(16,17)18/h1-8H. The number of carbonyl (C=O) groups excluding carboxylic acids is 1. The third-order valence-electron chi connectivity index (χ3n) is 2.53. The van der Waals surface area contributed by atoms with Crippen molar-refractivity contribution in [3.63, 3.8) is 0 Å². The Morgan fingerprint density at radius 3 is 2.30 bits per heavy atom. The van der Waals surface area contributed by atoms with Gasteiger partial charge in [0.15, 0.2) is 0 Å². The molecule has 2 aromatic carbocycles. The Balaban J connectivity index is 2.50. The number of hydrogen-bond donors (Lipinski definition) is 0. The molecule has 6 heteroatoms. The molecule has 104 valence electrons. The van der Waals surface area contributed by atoms with E-state index in [4.69, 9.17) is 0 Å². The highest BCUT2D eigenvalue weighted by Gasteiger charge is 2.32. The van der Waals surface area contributed by atoms with Crippen LogP contribution < -0.4 is 4.74 Å². The molecule has 0 aliphatic carbocycles. The third-order valence-corrected chi connectivity index (χ3v) is 2.53. The van der Waals surface area contributed by atoms with Crippen LogP contribution in [0.2, 0.25) is 0 Å². The molecule has 0 amide bonds. The molecule has 2 aromatic rings. The molecule has 0 saturated carbocycles. The van der Waals surface area contributed by atoms with Crippen LogP contribution >= 0.6 is 0 Å². The Morgan fingerprint density at radius 1 is 1.00 bits per heavy atom. The first-order chi connectivity index (χ1) is 9.40. The summed E-state index contributed by atoms with van der Waals surface area (Å²) >= 11 is 0. The molecule has 0 unspecified atom stereocenters. The van der Waals surface area contributed by atoms with E-state index in [1.54, 1.807) is 0 Å². The number of para-hydroxylation sites is 1. The van der Waals surface area contributed by atoms with E-state index in [0.717, 1.165) is 12.1 Å². The smallest absolute Gasteiger partial charge is 0.405 e. The van der Waals surface area contributed by atoms with Gasteiger partial charge in [-0.1, -0.05) is 30.3 Å². The van der Waals surface area contributed by atoms with Crippen LogP contribution in [-0.2, 0) is 0 Å². The largest absolute Gasteiger partial charge is 0.573 e. The molecule has 0 aromatic heterocycles. The number of aldehydes is 1. The van der Waals surface area contributed by atoms with Crippen molar-refractivity contribution in [1.82, 2.24) is 0 Å². The summed E-state index contributed by atoms with van der Waals surface area (Å²) in [6, 6.07) is 8.71. The molecular weight excluding hydrogens is 276 g/mol. The van der Waals surface area contributed by atoms with Gasteiger partial charge in [-0.05, 0) is 12.1 Å². The second-order valence-electron chi connectivity index (χ2n) is 3.90. The van der Waals surface area contributed by atoms with Crippen LogP contribution in [0, 0.1) is 5.82 Å². The lowest BCUT2D eigenvalue weighted by Crippen LogP contribution is -2.17. The molecule has 0 spiro atoms. The molecule has 20 heavy (non-hydrogen) atoms. The molecule has 0 fully saturated rings. The van der Waals surface area contributed by atoms with E-state index in [2.05, 4.69) is 4.74 Å². The van der Waals surface area contributed by atoms with Gasteiger partial charge in [0.05, 0.1) is 0 Å². The maximum Gasteiger partial charge on any atom is 0.573 e. The maximum atomic E-state index is 13.8. The normalized spacial score (nSPS) is 11.2. The molecule has 0 saturated heterocycles. The maximum absolute atomic E-state index is 13.8. The Bertz CT molecular complexity index is 635. The summed E-state index contributed by atoms with van der Waals surface area (Å²) in [4.78, 5) is 10.5. The number of carbonyl (C=O) groups is 1. The molecule has 0 N–H and O–H groups in total. The highest BCUT2D eigenvalue weighted by atomic mass is 19.4. The minimum Gasteiger partial charge on any atom is -0.405 e. The Labute approximate surface area is 111 Å². The zero-order valence-corrected chi connectivity index (χ0v) is 9.95. The topological polar surface area (TPSA) is 26.3 Å². The van der Waals surface area contributed by atoms with Gasteiger partial charge in [-0.15, -0.1) is 13.2 Å². The van der Waals surface area contributed by atoms with E-state index < -0.39 is 17.9 Å². The predicted octanol–water partition coefficient (Wildman–Crippen LogP) is 4.20. The van der Waals surface area contributed by atoms with Crippen LogP contribution in [0.25, 0.3) is 11.1 Å². The van der Waals surface area contributed by atoms with Gasteiger partial charge in [-0.2, -0.15) is 0 Å². The summed E-state index contributed by atoms with van der Waals surface area (Å²) in [5, 5.41) is 0. The van der Waals surface area contributed by atoms with Crippen molar-refractivity contribution in [2.45, 2.75) is 6.36 Å². The van der Waals surface area contributed by atoms with E-state index >= 15 is 0 Å². The van der Waals surface area contributed by atoms with E-state index in [0.29, 0.717) is 6.29 Å². The van der Waals surface area contributed by atoms with Crippen molar-refractivity contribution < 1.29 is 27.1 Å². The van der Waals surface area contributed by atoms with E-state index in [9.17, 15) is 22.4 Å². The van der Waals surface area contributed by atoms with Crippen molar-refractivity contribution in [2.24, 2.45) is 0 Å². The molecule has 0 atom stereocenters. The van der Waals surface area contributed by atoms with Crippen LogP contribution in [0.5, 0.6) is 5.75 Å². The zero-order chi connectivity index (χ0) is 14.8. The third kappa shape index (κ3) is 3.14. The fraction of sp³-hybridized carbons (Fsp3) is 0.0714. The number of benzene rings is 2. The highest BCUT2D eigenvalue weighted by Crippen LogP contribution is 2.35. The fourth-order valence-corrected chi connectivity index (χ4v) is 1.73. The summed E-state index contributed by atoms with van der Waals surface area (Å²) in [7, 11) is 0. The first kappa shape index (κ1) is 14.0. The van der Waals surface area contributed by atoms with Crippen molar-refractivity contribution in [3.8, 4) is 16.9 Å². The van der Waals surface area contributed by atoms with Crippen molar-refractivity contribution in [3.05, 3.63) is 53.8 Å². The zero-order valence-electron chi connectivity index (χ0n) is 9.95. The van der Waals surface area contributed by atoms with Gasteiger partial charge in [0.25, 0.3) is 0 Å². The van der Waals surface area contributed by atoms with Crippen molar-refractivity contribution >= 4 is 6.29 Å². The van der Waals surface area contributed by atoms with Crippen LogP contribution in [0.1, 0.15) is 10.4 Å². The minimum absolute atomic E-state index is 0.0419. The lowest BCUT2D eigenvalue weighted by Gasteiger charge is -2.13. The second-order valence-corrected chi connectivity index (χ2v) is 3.90. The average molecular weight is 284 g/mol. The molecular formula is C14H8F4O2. The Kier molecular flexibility index (Phi) is 3.74. The number of halogens is 4. The van der Waals surface area contributed by atoms with Gasteiger partial charge in [-0.25, -0.2) is 4.39 Å². The van der Waals surface area contributed by atoms with Gasteiger partial charge in [0, 0.05) is 16.7 Å². The molecule has 0 heterocycles. The molecule has 0 aliphatic heterocycles. The fourth-order valence-electron chi connectivity index (χ4n) is 1.73. The van der Waals surface area contributed by atoms with Crippen LogP contribution in [-0.4, -0.2) is 12.6 Å². The highest BCUT2D eigenvalue weighted by molar-refractivity contribution is 5.78. The minimum atomic E-state index is -4.87. The molecule has 0 aliphatic rings. The van der Waals surface area contributed by atoms with Crippen molar-refractivity contribution in [1.29, 1.82) is 0 Å². The van der Waals surface area contributed by atoms with Gasteiger partial charge < -0.3 is 4.74 Å². The molecule has 0 radical (unpaired) electrons. The number of ether oxygens (including phenoxy) is 1. The molecule has 0 bridgehead atoms. The summed E-state index contributed by atoms with van der Waals surface area (Å²) in [6.07, 6.45) is -4.42. The first-order valence-corrected chi connectivity index (χ1v) is 5.50. The van der Waals surface area contributed by atoms with E-state index in [1.807, 2.05) is 0 Å². The molecule has 2 rings (SSSR count). The van der Waals surface area contributed by atoms with Crippen LogP contribution in [0.4, 0.5) is 17.6 Å². The monoisotopic (exact) mass is 284 g/mol. The number of rotatable bonds is 3. The van der Waals surface area contributed by atoms with Crippen molar-refractivity contribution in [2.75, 3.05) is 0 Å². The van der Waals surface area contributed by atoms with Crippen LogP contribution in [0.15, 0.2) is 42.5 Å². The van der Waals surface area contributed by atoms with E-state index in [-0.39, 0.29) is 16.7 Å². The SMILES string of the molecule is O=Cc1ccc(-c2ccccc2OC(F)(F)F)c(F)c1. The van der Waals surface area contributed by atoms with E-state index in [1.165, 1.54) is 30.3 Å². The van der Waals surface area contributed by atoms with Crippen LogP contribution in [0.3, 0.4) is 0 Å². The summed E-state index contributed by atoms with van der Waals surface area (Å²) in [5.41, 5.74) is -0.0179. The molecule has 2 nitrogen and oxygen atoms in total. The number of alkyl halides is 3. The van der Waals surface area contributed by atoms with Gasteiger partial charge >= 0.3 is 6.36 Å². The summed E-state index contributed by atoms with van der Waals surface area (Å²) in [5.74, 6) is -1.30. The van der Waals surface area contributed by atoms with Gasteiger partial charge in [-0.3, -0.25) is 4.79 Å². The Hall–Kier alpha value is -2.37. The Morgan fingerprint density at radius 2 is 1.70 bits per heavy atom. The van der Waals surface area contributed by atoms with Gasteiger partial charge in [0.1, 0.15) is 17.9 Å². The second kappa shape index (κ2) is 5.32. The average Bonchev–Trinajstić information content (AvgIpc) is 2.38. The quantitative estimate of drug-likeness (QED) is 0.623. The lowest BCUT2D eigenvalue weighted by molar-refractivity contribution is -0.274. The summed E-state index contributed by atoms with van der Waals surface area (Å²) in [6.45, 7) is 0. The number of hydrogen-bond acceptors (Lipinski definition) is 2. The lowest BCUT2D eigenvalue weighted by atomic mass is 10.0. The van der Waals surface area contributed by atoms with Gasteiger partial charge in [0.2, 0.25) is 0 Å². The first-order valence-electron chi connectivity index (χ1n) is 5.50. The summed E-state index contributed by atoms with van der Waals surface area (Å²) < 4.78 is 54.6.